The Morgan fingerprint density at radius 3 is 2.86 bits per heavy atom. The summed E-state index contributed by atoms with van der Waals surface area (Å²) in [5.41, 5.74) is 2.24. The molecule has 0 spiro atoms. The van der Waals surface area contributed by atoms with Crippen LogP contribution in [0.2, 0.25) is 0 Å². The first-order chi connectivity index (χ1) is 9.97. The van der Waals surface area contributed by atoms with E-state index in [2.05, 4.69) is 5.32 Å². The molecule has 5 nitrogen and oxygen atoms in total. The Kier molecular flexibility index (Phi) is 5.20. The fourth-order valence-corrected chi connectivity index (χ4v) is 2.50. The molecule has 1 aliphatic rings. The van der Waals surface area contributed by atoms with Gasteiger partial charge in [-0.2, -0.15) is 0 Å². The maximum Gasteiger partial charge on any atom is 0.239 e. The molecule has 0 aliphatic carbocycles. The molecule has 1 fully saturated rings. The van der Waals surface area contributed by atoms with Crippen molar-refractivity contribution in [1.82, 2.24) is 10.2 Å². The van der Waals surface area contributed by atoms with Crippen LogP contribution in [0.1, 0.15) is 17.5 Å². The topological polar surface area (TPSA) is 61.8 Å². The normalized spacial score (nSPS) is 19.9. The van der Waals surface area contributed by atoms with Crippen molar-refractivity contribution in [3.8, 4) is 5.75 Å². The predicted octanol–water partition coefficient (Wildman–Crippen LogP) is 0.863. The first-order valence-corrected chi connectivity index (χ1v) is 7.34. The number of hydrogen-bond acceptors (Lipinski definition) is 4. The number of ether oxygens (including phenoxy) is 1. The minimum Gasteiger partial charge on any atom is -0.491 e. The van der Waals surface area contributed by atoms with E-state index in [-0.39, 0.29) is 18.6 Å². The number of aryl methyl sites for hydroxylation is 2. The lowest BCUT2D eigenvalue weighted by molar-refractivity contribution is -0.128. The second kappa shape index (κ2) is 6.91. The Bertz CT molecular complexity index is 504. The van der Waals surface area contributed by atoms with E-state index >= 15 is 0 Å². The van der Waals surface area contributed by atoms with E-state index in [0.29, 0.717) is 6.54 Å². The molecule has 2 N–H and O–H groups in total. The average Bonchev–Trinajstić information content (AvgIpc) is 2.75. The molecule has 0 saturated carbocycles. The number of aliphatic hydroxyl groups is 1. The summed E-state index contributed by atoms with van der Waals surface area (Å²) in [6.07, 6.45) is 0.157. The Labute approximate surface area is 125 Å². The highest BCUT2D eigenvalue weighted by molar-refractivity contribution is 5.83. The summed E-state index contributed by atoms with van der Waals surface area (Å²) in [7, 11) is 1.80. The van der Waals surface area contributed by atoms with Crippen LogP contribution < -0.4 is 10.1 Å². The maximum atomic E-state index is 11.7. The summed E-state index contributed by atoms with van der Waals surface area (Å²) in [5, 5.41) is 13.1. The highest BCUT2D eigenvalue weighted by Crippen LogP contribution is 2.18. The SMILES string of the molecule is Cc1ccc(OCC(O)CNC2CCN(C)C2=O)c(C)c1. The van der Waals surface area contributed by atoms with Gasteiger partial charge in [-0.1, -0.05) is 17.7 Å². The van der Waals surface area contributed by atoms with Gasteiger partial charge in [0, 0.05) is 20.1 Å². The van der Waals surface area contributed by atoms with Crippen molar-refractivity contribution in [3.05, 3.63) is 29.3 Å². The second-order valence-electron chi connectivity index (χ2n) is 5.74. The van der Waals surface area contributed by atoms with E-state index in [1.54, 1.807) is 11.9 Å². The van der Waals surface area contributed by atoms with Gasteiger partial charge in [-0.25, -0.2) is 0 Å². The van der Waals surface area contributed by atoms with Crippen LogP contribution in [0.15, 0.2) is 18.2 Å². The first kappa shape index (κ1) is 15.8. The fourth-order valence-electron chi connectivity index (χ4n) is 2.50. The molecule has 2 atom stereocenters. The van der Waals surface area contributed by atoms with E-state index < -0.39 is 6.10 Å². The highest BCUT2D eigenvalue weighted by Gasteiger charge is 2.28. The smallest absolute Gasteiger partial charge is 0.239 e. The third kappa shape index (κ3) is 4.19. The fraction of sp³-hybridized carbons (Fsp3) is 0.562. The number of amides is 1. The van der Waals surface area contributed by atoms with E-state index in [1.165, 1.54) is 5.56 Å². The Morgan fingerprint density at radius 1 is 1.48 bits per heavy atom. The zero-order chi connectivity index (χ0) is 15.4. The molecule has 0 radical (unpaired) electrons. The number of benzene rings is 1. The van der Waals surface area contributed by atoms with Crippen LogP contribution in [0.4, 0.5) is 0 Å². The van der Waals surface area contributed by atoms with Gasteiger partial charge in [-0.3, -0.25) is 4.79 Å². The van der Waals surface area contributed by atoms with E-state index in [1.807, 2.05) is 32.0 Å². The summed E-state index contributed by atoms with van der Waals surface area (Å²) < 4.78 is 5.63. The minimum atomic E-state index is -0.635. The summed E-state index contributed by atoms with van der Waals surface area (Å²) in [6, 6.07) is 5.78. The van der Waals surface area contributed by atoms with E-state index in [0.717, 1.165) is 24.3 Å². The molecule has 1 aliphatic heterocycles. The summed E-state index contributed by atoms with van der Waals surface area (Å²) in [5.74, 6) is 0.883. The number of likely N-dealkylation sites (tertiary alicyclic amines) is 1. The van der Waals surface area contributed by atoms with Gasteiger partial charge in [0.25, 0.3) is 0 Å². The zero-order valence-corrected chi connectivity index (χ0v) is 12.9. The Balaban J connectivity index is 1.75. The molecule has 2 rings (SSSR count). The van der Waals surface area contributed by atoms with Crippen LogP contribution in [0.5, 0.6) is 5.75 Å². The minimum absolute atomic E-state index is 0.0949. The largest absolute Gasteiger partial charge is 0.491 e. The molecule has 0 aromatic heterocycles. The van der Waals surface area contributed by atoms with E-state index in [4.69, 9.17) is 4.74 Å². The van der Waals surface area contributed by atoms with Crippen molar-refractivity contribution in [2.45, 2.75) is 32.4 Å². The number of hydrogen-bond donors (Lipinski definition) is 2. The van der Waals surface area contributed by atoms with Crippen molar-refractivity contribution >= 4 is 5.91 Å². The standard InChI is InChI=1S/C16H24N2O3/c1-11-4-5-15(12(2)8-11)21-10-13(19)9-17-14-6-7-18(3)16(14)20/h4-5,8,13-14,17,19H,6-7,9-10H2,1-3H3. The molecule has 5 heteroatoms. The van der Waals surface area contributed by atoms with Gasteiger partial charge < -0.3 is 20.1 Å². The number of aliphatic hydroxyl groups excluding tert-OH is 1. The number of likely N-dealkylation sites (N-methyl/N-ethyl adjacent to an activating group) is 1. The third-order valence-corrected chi connectivity index (χ3v) is 3.79. The summed E-state index contributed by atoms with van der Waals surface area (Å²) >= 11 is 0. The summed E-state index contributed by atoms with van der Waals surface area (Å²) in [4.78, 5) is 13.4. The van der Waals surface area contributed by atoms with Crippen LogP contribution in [-0.2, 0) is 4.79 Å². The average molecular weight is 292 g/mol. The van der Waals surface area contributed by atoms with Crippen LogP contribution in [-0.4, -0.2) is 54.8 Å². The molecular formula is C16H24N2O3. The van der Waals surface area contributed by atoms with Crippen molar-refractivity contribution < 1.29 is 14.6 Å². The maximum absolute atomic E-state index is 11.7. The number of carbonyl (C=O) groups is 1. The molecule has 1 aromatic rings. The first-order valence-electron chi connectivity index (χ1n) is 7.34. The molecule has 2 unspecified atom stereocenters. The molecule has 1 aromatic carbocycles. The van der Waals surface area contributed by atoms with E-state index in [9.17, 15) is 9.90 Å². The van der Waals surface area contributed by atoms with Gasteiger partial charge in [0.05, 0.1) is 6.04 Å². The van der Waals surface area contributed by atoms with Gasteiger partial charge in [0.15, 0.2) is 0 Å². The Hall–Kier alpha value is -1.59. The molecule has 1 amide bonds. The van der Waals surface area contributed by atoms with Crippen molar-refractivity contribution in [2.24, 2.45) is 0 Å². The summed E-state index contributed by atoms with van der Waals surface area (Å²) in [6.45, 7) is 5.36. The van der Waals surface area contributed by atoms with Crippen molar-refractivity contribution in [2.75, 3.05) is 26.7 Å². The van der Waals surface area contributed by atoms with Crippen molar-refractivity contribution in [3.63, 3.8) is 0 Å². The predicted molar refractivity (Wildman–Crippen MR) is 81.5 cm³/mol. The number of carbonyl (C=O) groups excluding carboxylic acids is 1. The molecule has 0 bridgehead atoms. The lowest BCUT2D eigenvalue weighted by atomic mass is 10.1. The van der Waals surface area contributed by atoms with Gasteiger partial charge >= 0.3 is 0 Å². The quantitative estimate of drug-likeness (QED) is 0.816. The molecule has 21 heavy (non-hydrogen) atoms. The molecular weight excluding hydrogens is 268 g/mol. The number of rotatable bonds is 6. The van der Waals surface area contributed by atoms with Crippen LogP contribution >= 0.6 is 0 Å². The molecule has 1 saturated heterocycles. The number of nitrogens with zero attached hydrogens (tertiary/aromatic N) is 1. The third-order valence-electron chi connectivity index (χ3n) is 3.79. The lowest BCUT2D eigenvalue weighted by Gasteiger charge is -2.17. The number of nitrogens with one attached hydrogen (secondary N) is 1. The van der Waals surface area contributed by atoms with Crippen molar-refractivity contribution in [1.29, 1.82) is 0 Å². The second-order valence-corrected chi connectivity index (χ2v) is 5.74. The molecule has 1 heterocycles. The lowest BCUT2D eigenvalue weighted by Crippen LogP contribution is -2.42. The van der Waals surface area contributed by atoms with Crippen LogP contribution in [0, 0.1) is 13.8 Å². The van der Waals surface area contributed by atoms with Gasteiger partial charge in [0.1, 0.15) is 18.5 Å². The molecule has 116 valence electrons. The highest BCUT2D eigenvalue weighted by atomic mass is 16.5. The zero-order valence-electron chi connectivity index (χ0n) is 12.9. The van der Waals surface area contributed by atoms with Gasteiger partial charge in [-0.15, -0.1) is 0 Å². The van der Waals surface area contributed by atoms with Crippen LogP contribution in [0.25, 0.3) is 0 Å². The Morgan fingerprint density at radius 2 is 2.24 bits per heavy atom. The van der Waals surface area contributed by atoms with Crippen LogP contribution in [0.3, 0.4) is 0 Å². The van der Waals surface area contributed by atoms with Gasteiger partial charge in [0.2, 0.25) is 5.91 Å². The monoisotopic (exact) mass is 292 g/mol. The van der Waals surface area contributed by atoms with Gasteiger partial charge in [-0.05, 0) is 31.9 Å².